The summed E-state index contributed by atoms with van der Waals surface area (Å²) in [6.45, 7) is 4.38. The molecule has 0 spiro atoms. The number of hydrogen-bond acceptors (Lipinski definition) is 3. The smallest absolute Gasteiger partial charge is 0.0295 e. The highest BCUT2D eigenvalue weighted by molar-refractivity contribution is 8.06. The molecule has 1 aliphatic rings. The van der Waals surface area contributed by atoms with Gasteiger partial charge < -0.3 is 5.32 Å². The zero-order valence-corrected chi connectivity index (χ0v) is 13.2. The van der Waals surface area contributed by atoms with E-state index in [1.165, 1.54) is 33.9 Å². The fourth-order valence-corrected chi connectivity index (χ4v) is 5.53. The number of rotatable bonds is 4. The Hall–Kier alpha value is -0.120. The van der Waals surface area contributed by atoms with Crippen molar-refractivity contribution in [1.82, 2.24) is 5.32 Å². The third-order valence-electron chi connectivity index (χ3n) is 3.40. The standard InChI is InChI=1S/C15H23NS2/c1-11-6-12(2)8-13(7-11)9-14(16-3)15-10-17-4-5-18-15/h6-8,14-16H,4-5,9-10H2,1-3H3. The van der Waals surface area contributed by atoms with E-state index in [0.29, 0.717) is 6.04 Å². The van der Waals surface area contributed by atoms with Crippen molar-refractivity contribution in [2.24, 2.45) is 0 Å². The van der Waals surface area contributed by atoms with Crippen molar-refractivity contribution >= 4 is 23.5 Å². The van der Waals surface area contributed by atoms with Gasteiger partial charge in [0, 0.05) is 28.6 Å². The van der Waals surface area contributed by atoms with Gasteiger partial charge in [-0.05, 0) is 32.9 Å². The molecule has 0 bridgehead atoms. The topological polar surface area (TPSA) is 12.0 Å². The molecular formula is C15H23NS2. The molecule has 0 amide bonds. The zero-order chi connectivity index (χ0) is 13.0. The van der Waals surface area contributed by atoms with Crippen LogP contribution in [0.2, 0.25) is 0 Å². The Bertz CT molecular complexity index is 366. The molecule has 0 aromatic heterocycles. The lowest BCUT2D eigenvalue weighted by atomic mass is 10.00. The molecule has 1 aromatic carbocycles. The highest BCUT2D eigenvalue weighted by atomic mass is 32.2. The molecule has 0 radical (unpaired) electrons. The van der Waals surface area contributed by atoms with Crippen molar-refractivity contribution in [2.45, 2.75) is 31.6 Å². The summed E-state index contributed by atoms with van der Waals surface area (Å²) >= 11 is 4.24. The molecule has 1 aliphatic heterocycles. The molecule has 0 saturated carbocycles. The normalized spacial score (nSPS) is 21.8. The van der Waals surface area contributed by atoms with Crippen LogP contribution in [0.5, 0.6) is 0 Å². The SMILES string of the molecule is CNC(Cc1cc(C)cc(C)c1)C1CSCCS1. The number of benzene rings is 1. The number of nitrogens with one attached hydrogen (secondary N) is 1. The average molecular weight is 281 g/mol. The molecule has 1 N–H and O–H groups in total. The Kier molecular flexibility index (Phi) is 5.46. The van der Waals surface area contributed by atoms with Crippen LogP contribution in [0, 0.1) is 13.8 Å². The molecular weight excluding hydrogens is 258 g/mol. The summed E-state index contributed by atoms with van der Waals surface area (Å²) in [6.07, 6.45) is 1.15. The second kappa shape index (κ2) is 6.88. The summed E-state index contributed by atoms with van der Waals surface area (Å²) in [7, 11) is 2.10. The fraction of sp³-hybridized carbons (Fsp3) is 0.600. The van der Waals surface area contributed by atoms with Crippen LogP contribution < -0.4 is 5.32 Å². The van der Waals surface area contributed by atoms with Crippen LogP contribution in [0.15, 0.2) is 18.2 Å². The van der Waals surface area contributed by atoms with E-state index >= 15 is 0 Å². The molecule has 18 heavy (non-hydrogen) atoms. The molecule has 3 heteroatoms. The maximum atomic E-state index is 3.53. The second-order valence-corrected chi connectivity index (χ2v) is 7.58. The lowest BCUT2D eigenvalue weighted by molar-refractivity contribution is 0.557. The number of thioether (sulfide) groups is 2. The first-order chi connectivity index (χ1) is 8.69. The summed E-state index contributed by atoms with van der Waals surface area (Å²) in [6, 6.07) is 7.52. The lowest BCUT2D eigenvalue weighted by Crippen LogP contribution is -2.40. The van der Waals surface area contributed by atoms with Crippen LogP contribution in [0.3, 0.4) is 0 Å². The summed E-state index contributed by atoms with van der Waals surface area (Å²) in [5.74, 6) is 3.92. The van der Waals surface area contributed by atoms with Crippen molar-refractivity contribution in [1.29, 1.82) is 0 Å². The number of aryl methyl sites for hydroxylation is 2. The van der Waals surface area contributed by atoms with Crippen molar-refractivity contribution < 1.29 is 0 Å². The van der Waals surface area contributed by atoms with Crippen molar-refractivity contribution in [2.75, 3.05) is 24.3 Å². The maximum absolute atomic E-state index is 3.53. The van der Waals surface area contributed by atoms with Gasteiger partial charge in [-0.25, -0.2) is 0 Å². The first-order valence-corrected chi connectivity index (χ1v) is 8.83. The zero-order valence-electron chi connectivity index (χ0n) is 11.5. The Labute approximate surface area is 120 Å². The van der Waals surface area contributed by atoms with Gasteiger partial charge in [-0.3, -0.25) is 0 Å². The molecule has 1 nitrogen and oxygen atoms in total. The van der Waals surface area contributed by atoms with Crippen LogP contribution in [0.4, 0.5) is 0 Å². The van der Waals surface area contributed by atoms with E-state index < -0.39 is 0 Å². The molecule has 1 heterocycles. The molecule has 1 fully saturated rings. The molecule has 2 atom stereocenters. The summed E-state index contributed by atoms with van der Waals surface area (Å²) in [4.78, 5) is 0. The van der Waals surface area contributed by atoms with E-state index in [0.717, 1.165) is 11.7 Å². The molecule has 2 unspecified atom stereocenters. The Morgan fingerprint density at radius 1 is 1.22 bits per heavy atom. The molecule has 1 aromatic rings. The summed E-state index contributed by atoms with van der Waals surface area (Å²) in [5, 5.41) is 4.28. The van der Waals surface area contributed by atoms with Crippen LogP contribution in [-0.2, 0) is 6.42 Å². The number of hydrogen-bond donors (Lipinski definition) is 1. The van der Waals surface area contributed by atoms with Gasteiger partial charge in [0.15, 0.2) is 0 Å². The first-order valence-electron chi connectivity index (χ1n) is 6.63. The van der Waals surface area contributed by atoms with Gasteiger partial charge >= 0.3 is 0 Å². The van der Waals surface area contributed by atoms with Gasteiger partial charge in [0.2, 0.25) is 0 Å². The van der Waals surface area contributed by atoms with E-state index in [4.69, 9.17) is 0 Å². The highest BCUT2D eigenvalue weighted by Crippen LogP contribution is 2.28. The van der Waals surface area contributed by atoms with E-state index in [9.17, 15) is 0 Å². The predicted octanol–water partition coefficient (Wildman–Crippen LogP) is 3.28. The molecule has 0 aliphatic carbocycles. The van der Waals surface area contributed by atoms with Crippen LogP contribution >= 0.6 is 23.5 Å². The average Bonchev–Trinajstić information content (AvgIpc) is 2.36. The van der Waals surface area contributed by atoms with E-state index in [1.807, 2.05) is 0 Å². The van der Waals surface area contributed by atoms with Crippen LogP contribution in [-0.4, -0.2) is 35.6 Å². The fourth-order valence-electron chi connectivity index (χ4n) is 2.60. The molecule has 1 saturated heterocycles. The van der Waals surface area contributed by atoms with Crippen molar-refractivity contribution in [3.05, 3.63) is 34.9 Å². The van der Waals surface area contributed by atoms with Crippen molar-refractivity contribution in [3.8, 4) is 0 Å². The third-order valence-corrected chi connectivity index (χ3v) is 6.32. The minimum atomic E-state index is 0.601. The Balaban J connectivity index is 2.04. The molecule has 100 valence electrons. The lowest BCUT2D eigenvalue weighted by Gasteiger charge is -2.29. The first kappa shape index (κ1) is 14.3. The minimum absolute atomic E-state index is 0.601. The van der Waals surface area contributed by atoms with Gasteiger partial charge in [0.25, 0.3) is 0 Å². The van der Waals surface area contributed by atoms with Gasteiger partial charge in [0.1, 0.15) is 0 Å². The predicted molar refractivity (Wildman–Crippen MR) is 86.0 cm³/mol. The largest absolute Gasteiger partial charge is 0.316 e. The van der Waals surface area contributed by atoms with E-state index in [-0.39, 0.29) is 0 Å². The van der Waals surface area contributed by atoms with Crippen molar-refractivity contribution in [3.63, 3.8) is 0 Å². The number of likely N-dealkylation sites (N-methyl/N-ethyl adjacent to an activating group) is 1. The minimum Gasteiger partial charge on any atom is -0.316 e. The van der Waals surface area contributed by atoms with Crippen LogP contribution in [0.25, 0.3) is 0 Å². The second-order valence-electron chi connectivity index (χ2n) is 5.08. The highest BCUT2D eigenvalue weighted by Gasteiger charge is 2.23. The maximum Gasteiger partial charge on any atom is 0.0295 e. The third kappa shape index (κ3) is 3.94. The Morgan fingerprint density at radius 3 is 2.50 bits per heavy atom. The monoisotopic (exact) mass is 281 g/mol. The summed E-state index contributed by atoms with van der Waals surface area (Å²) < 4.78 is 0. The van der Waals surface area contributed by atoms with E-state index in [2.05, 4.69) is 67.9 Å². The van der Waals surface area contributed by atoms with Gasteiger partial charge in [-0.1, -0.05) is 29.3 Å². The molecule has 2 rings (SSSR count). The van der Waals surface area contributed by atoms with Gasteiger partial charge in [0.05, 0.1) is 0 Å². The van der Waals surface area contributed by atoms with E-state index in [1.54, 1.807) is 0 Å². The Morgan fingerprint density at radius 2 is 1.94 bits per heavy atom. The quantitative estimate of drug-likeness (QED) is 0.909. The van der Waals surface area contributed by atoms with Gasteiger partial charge in [-0.2, -0.15) is 23.5 Å². The summed E-state index contributed by atoms with van der Waals surface area (Å²) in [5.41, 5.74) is 4.24. The van der Waals surface area contributed by atoms with Crippen LogP contribution in [0.1, 0.15) is 16.7 Å². The van der Waals surface area contributed by atoms with Gasteiger partial charge in [-0.15, -0.1) is 0 Å².